The highest BCUT2D eigenvalue weighted by Gasteiger charge is 2.19. The van der Waals surface area contributed by atoms with Gasteiger partial charge in [-0.05, 0) is 42.5 Å². The summed E-state index contributed by atoms with van der Waals surface area (Å²) in [7, 11) is 2.86. The van der Waals surface area contributed by atoms with Gasteiger partial charge in [-0.1, -0.05) is 12.1 Å². The van der Waals surface area contributed by atoms with E-state index in [-0.39, 0.29) is 11.5 Å². The number of carbonyl (C=O) groups is 1. The second-order valence-corrected chi connectivity index (χ2v) is 4.99. The van der Waals surface area contributed by atoms with Crippen LogP contribution >= 0.6 is 0 Å². The topological polar surface area (TPSA) is 53.4 Å². The largest absolute Gasteiger partial charge is 0.496 e. The van der Waals surface area contributed by atoms with Gasteiger partial charge in [0, 0.05) is 5.56 Å². The Labute approximate surface area is 138 Å². The van der Waals surface area contributed by atoms with E-state index in [1.807, 2.05) is 24.3 Å². The molecule has 1 aromatic heterocycles. The Balaban J connectivity index is 2.21. The molecule has 6 heteroatoms. The molecule has 1 heterocycles. The number of hydrogen-bond donors (Lipinski definition) is 0. The third kappa shape index (κ3) is 2.86. The van der Waals surface area contributed by atoms with Gasteiger partial charge >= 0.3 is 5.97 Å². The van der Waals surface area contributed by atoms with Crippen LogP contribution in [0.25, 0.3) is 16.9 Å². The van der Waals surface area contributed by atoms with Crippen LogP contribution in [0.15, 0.2) is 54.6 Å². The third-order valence-electron chi connectivity index (χ3n) is 3.56. The summed E-state index contributed by atoms with van der Waals surface area (Å²) in [6.45, 7) is 0. The fourth-order valence-corrected chi connectivity index (χ4v) is 2.41. The van der Waals surface area contributed by atoms with Crippen LogP contribution in [0.3, 0.4) is 0 Å². The zero-order valence-corrected chi connectivity index (χ0v) is 13.2. The molecular weight excluding hydrogens is 311 g/mol. The first kappa shape index (κ1) is 15.7. The highest BCUT2D eigenvalue weighted by Crippen LogP contribution is 2.32. The summed E-state index contributed by atoms with van der Waals surface area (Å²) in [4.78, 5) is 11.9. The zero-order valence-electron chi connectivity index (χ0n) is 13.2. The Bertz CT molecular complexity index is 872. The summed E-state index contributed by atoms with van der Waals surface area (Å²) in [5, 5.41) is 4.30. The molecule has 0 aliphatic rings. The minimum absolute atomic E-state index is 0.155. The quantitative estimate of drug-likeness (QED) is 0.689. The fraction of sp³-hybridized carbons (Fsp3) is 0.111. The van der Waals surface area contributed by atoms with Gasteiger partial charge in [0.05, 0.1) is 25.6 Å². The first-order valence-corrected chi connectivity index (χ1v) is 7.21. The predicted octanol–water partition coefficient (Wildman–Crippen LogP) is 3.47. The number of aromatic nitrogens is 2. The smallest absolute Gasteiger partial charge is 0.358 e. The van der Waals surface area contributed by atoms with E-state index in [0.29, 0.717) is 17.1 Å². The van der Waals surface area contributed by atoms with Crippen molar-refractivity contribution in [3.63, 3.8) is 0 Å². The molecule has 5 nitrogen and oxygen atoms in total. The van der Waals surface area contributed by atoms with E-state index in [1.165, 1.54) is 19.2 Å². The Hall–Kier alpha value is -3.15. The van der Waals surface area contributed by atoms with Crippen molar-refractivity contribution in [2.75, 3.05) is 14.2 Å². The minimum Gasteiger partial charge on any atom is -0.496 e. The number of rotatable bonds is 4. The van der Waals surface area contributed by atoms with Crippen LogP contribution < -0.4 is 4.74 Å². The van der Waals surface area contributed by atoms with Crippen molar-refractivity contribution in [3.8, 4) is 22.7 Å². The molecule has 0 saturated carbocycles. The lowest BCUT2D eigenvalue weighted by Crippen LogP contribution is -2.04. The van der Waals surface area contributed by atoms with Gasteiger partial charge in [0.2, 0.25) is 0 Å². The van der Waals surface area contributed by atoms with E-state index in [0.717, 1.165) is 5.56 Å². The van der Waals surface area contributed by atoms with Crippen LogP contribution in [-0.4, -0.2) is 30.0 Å². The Morgan fingerprint density at radius 3 is 2.46 bits per heavy atom. The molecule has 0 amide bonds. The van der Waals surface area contributed by atoms with Crippen LogP contribution in [0, 0.1) is 5.82 Å². The van der Waals surface area contributed by atoms with Crippen LogP contribution in [0.5, 0.6) is 5.75 Å². The molecule has 2 aromatic carbocycles. The number of halogens is 1. The number of methoxy groups -OCH3 is 2. The molecule has 0 bridgehead atoms. The molecule has 3 rings (SSSR count). The lowest BCUT2D eigenvalue weighted by atomic mass is 10.1. The second kappa shape index (κ2) is 6.54. The molecule has 0 aliphatic carbocycles. The van der Waals surface area contributed by atoms with Gasteiger partial charge in [-0.15, -0.1) is 0 Å². The third-order valence-corrected chi connectivity index (χ3v) is 3.56. The Morgan fingerprint density at radius 1 is 1.08 bits per heavy atom. The number of benzene rings is 2. The lowest BCUT2D eigenvalue weighted by molar-refractivity contribution is 0.0593. The van der Waals surface area contributed by atoms with Crippen LogP contribution in [0.2, 0.25) is 0 Å². The van der Waals surface area contributed by atoms with E-state index >= 15 is 0 Å². The number of nitrogens with zero attached hydrogens (tertiary/aromatic N) is 2. The average Bonchev–Trinajstić information content (AvgIpc) is 3.06. The molecule has 3 aromatic rings. The van der Waals surface area contributed by atoms with E-state index < -0.39 is 5.97 Å². The number of carbonyl (C=O) groups excluding carboxylic acids is 1. The number of ether oxygens (including phenoxy) is 2. The first-order chi connectivity index (χ1) is 11.6. The predicted molar refractivity (Wildman–Crippen MR) is 86.8 cm³/mol. The molecule has 24 heavy (non-hydrogen) atoms. The van der Waals surface area contributed by atoms with Gasteiger partial charge in [0.1, 0.15) is 11.6 Å². The van der Waals surface area contributed by atoms with Crippen molar-refractivity contribution < 1.29 is 18.7 Å². The monoisotopic (exact) mass is 326 g/mol. The molecule has 0 unspecified atom stereocenters. The maximum atomic E-state index is 13.2. The summed E-state index contributed by atoms with van der Waals surface area (Å²) >= 11 is 0. The molecule has 0 radical (unpaired) electrons. The zero-order chi connectivity index (χ0) is 17.1. The van der Waals surface area contributed by atoms with Crippen molar-refractivity contribution in [2.24, 2.45) is 0 Å². The van der Waals surface area contributed by atoms with Gasteiger partial charge in [0.15, 0.2) is 5.69 Å². The van der Waals surface area contributed by atoms with Crippen molar-refractivity contribution >= 4 is 5.97 Å². The molecule has 0 atom stereocenters. The van der Waals surface area contributed by atoms with Crippen molar-refractivity contribution in [1.82, 2.24) is 9.78 Å². The van der Waals surface area contributed by atoms with Crippen LogP contribution in [-0.2, 0) is 4.74 Å². The van der Waals surface area contributed by atoms with Gasteiger partial charge in [-0.3, -0.25) is 0 Å². The molecule has 0 aliphatic heterocycles. The van der Waals surface area contributed by atoms with Gasteiger partial charge < -0.3 is 9.47 Å². The molecular formula is C18H15FN2O3. The fourth-order valence-electron chi connectivity index (χ4n) is 2.41. The van der Waals surface area contributed by atoms with Crippen molar-refractivity contribution in [1.29, 1.82) is 0 Å². The normalized spacial score (nSPS) is 10.5. The van der Waals surface area contributed by atoms with Crippen molar-refractivity contribution in [2.45, 2.75) is 0 Å². The standard InChI is InChI=1S/C18H15FN2O3/c1-23-17-6-4-3-5-14(17)16-11-15(18(22)24-2)20-21(16)13-9-7-12(19)8-10-13/h3-11H,1-2H3. The average molecular weight is 326 g/mol. The molecule has 0 N–H and O–H groups in total. The Kier molecular flexibility index (Phi) is 4.29. The highest BCUT2D eigenvalue weighted by molar-refractivity contribution is 5.89. The van der Waals surface area contributed by atoms with E-state index in [2.05, 4.69) is 5.10 Å². The van der Waals surface area contributed by atoms with Crippen LogP contribution in [0.4, 0.5) is 4.39 Å². The Morgan fingerprint density at radius 2 is 1.79 bits per heavy atom. The number of esters is 1. The van der Waals surface area contributed by atoms with E-state index in [4.69, 9.17) is 9.47 Å². The molecule has 0 fully saturated rings. The molecule has 122 valence electrons. The number of hydrogen-bond acceptors (Lipinski definition) is 4. The molecule has 0 spiro atoms. The SMILES string of the molecule is COC(=O)c1cc(-c2ccccc2OC)n(-c2ccc(F)cc2)n1. The summed E-state index contributed by atoms with van der Waals surface area (Å²) in [5.41, 5.74) is 2.17. The second-order valence-electron chi connectivity index (χ2n) is 4.99. The van der Waals surface area contributed by atoms with E-state index in [9.17, 15) is 9.18 Å². The van der Waals surface area contributed by atoms with Gasteiger partial charge in [-0.2, -0.15) is 5.10 Å². The maximum Gasteiger partial charge on any atom is 0.358 e. The van der Waals surface area contributed by atoms with Crippen molar-refractivity contribution in [3.05, 3.63) is 66.1 Å². The molecule has 0 saturated heterocycles. The first-order valence-electron chi connectivity index (χ1n) is 7.21. The van der Waals surface area contributed by atoms with E-state index in [1.54, 1.807) is 30.0 Å². The number of para-hydroxylation sites is 1. The summed E-state index contributed by atoms with van der Waals surface area (Å²) in [6.07, 6.45) is 0. The van der Waals surface area contributed by atoms with Gasteiger partial charge in [0.25, 0.3) is 0 Å². The summed E-state index contributed by atoms with van der Waals surface area (Å²) in [6, 6.07) is 14.8. The van der Waals surface area contributed by atoms with Crippen LogP contribution in [0.1, 0.15) is 10.5 Å². The summed E-state index contributed by atoms with van der Waals surface area (Å²) < 4.78 is 24.9. The maximum absolute atomic E-state index is 13.2. The lowest BCUT2D eigenvalue weighted by Gasteiger charge is -2.11. The van der Waals surface area contributed by atoms with Gasteiger partial charge in [-0.25, -0.2) is 13.9 Å². The highest BCUT2D eigenvalue weighted by atomic mass is 19.1. The summed E-state index contributed by atoms with van der Waals surface area (Å²) in [5.74, 6) is -0.262. The minimum atomic E-state index is -0.549.